The van der Waals surface area contributed by atoms with Crippen molar-refractivity contribution < 1.29 is 19.4 Å². The minimum atomic E-state index is -1.17. The zero-order valence-electron chi connectivity index (χ0n) is 22.9. The highest BCUT2D eigenvalue weighted by atomic mass is 16.5. The van der Waals surface area contributed by atoms with Crippen LogP contribution in [0.5, 0.6) is 5.75 Å². The molecule has 3 aromatic rings. The second-order valence-electron chi connectivity index (χ2n) is 10.9. The number of aryl methyl sites for hydroxylation is 1. The Morgan fingerprint density at radius 1 is 1.11 bits per heavy atom. The summed E-state index contributed by atoms with van der Waals surface area (Å²) in [5, 5.41) is 19.9. The molecule has 202 valence electrons. The van der Waals surface area contributed by atoms with E-state index in [0.717, 1.165) is 49.4 Å². The van der Waals surface area contributed by atoms with Gasteiger partial charge in [0.2, 0.25) is 0 Å². The number of ether oxygens (including phenoxy) is 1. The SMILES string of the molecule is COc1c(CN2CCN(C)CC2)cc(C(C)(C)C)cc1NC(=O)c1ccc(C)c(-n2cc(C(=O)O)nn2)c1. The van der Waals surface area contributed by atoms with Crippen LogP contribution in [0.15, 0.2) is 36.5 Å². The minimum Gasteiger partial charge on any atom is -0.494 e. The average molecular weight is 521 g/mol. The number of carbonyl (C=O) groups excluding carboxylic acids is 1. The number of piperazine rings is 1. The summed E-state index contributed by atoms with van der Waals surface area (Å²) < 4.78 is 7.22. The first kappa shape index (κ1) is 27.3. The number of carbonyl (C=O) groups is 2. The molecule has 0 aliphatic carbocycles. The van der Waals surface area contributed by atoms with Crippen LogP contribution in [0, 0.1) is 6.92 Å². The number of amides is 1. The fourth-order valence-corrected chi connectivity index (χ4v) is 4.49. The van der Waals surface area contributed by atoms with Gasteiger partial charge in [-0.1, -0.05) is 38.1 Å². The van der Waals surface area contributed by atoms with Crippen molar-refractivity contribution in [1.29, 1.82) is 0 Å². The quantitative estimate of drug-likeness (QED) is 0.486. The van der Waals surface area contributed by atoms with Crippen molar-refractivity contribution >= 4 is 17.6 Å². The maximum atomic E-state index is 13.5. The standard InChI is InChI=1S/C28H36N6O4/c1-18-7-8-19(14-24(18)34-17-23(27(36)37)30-31-34)26(35)29-22-15-21(28(2,3)4)13-20(25(22)38-6)16-33-11-9-32(5)10-12-33/h7-8,13-15,17H,9-12,16H2,1-6H3,(H,29,35)(H,36,37). The van der Waals surface area contributed by atoms with Gasteiger partial charge < -0.3 is 20.1 Å². The number of anilines is 1. The molecule has 0 unspecified atom stereocenters. The lowest BCUT2D eigenvalue weighted by Crippen LogP contribution is -2.44. The molecule has 1 aromatic heterocycles. The van der Waals surface area contributed by atoms with Crippen molar-refractivity contribution in [3.05, 3.63) is 64.5 Å². The topological polar surface area (TPSA) is 113 Å². The molecule has 1 fully saturated rings. The third-order valence-corrected chi connectivity index (χ3v) is 6.90. The number of hydrogen-bond donors (Lipinski definition) is 2. The van der Waals surface area contributed by atoms with Gasteiger partial charge in [0.15, 0.2) is 5.69 Å². The van der Waals surface area contributed by atoms with Gasteiger partial charge in [-0.15, -0.1) is 5.10 Å². The third kappa shape index (κ3) is 6.03. The number of benzene rings is 2. The van der Waals surface area contributed by atoms with Crippen molar-refractivity contribution in [2.75, 3.05) is 45.7 Å². The molecule has 0 saturated carbocycles. The van der Waals surface area contributed by atoms with E-state index in [1.807, 2.05) is 13.0 Å². The number of rotatable bonds is 7. The zero-order chi connectivity index (χ0) is 27.6. The summed E-state index contributed by atoms with van der Waals surface area (Å²) in [6.07, 6.45) is 1.33. The molecule has 1 amide bonds. The smallest absolute Gasteiger partial charge is 0.358 e. The highest BCUT2D eigenvalue weighted by Gasteiger charge is 2.23. The van der Waals surface area contributed by atoms with Gasteiger partial charge in [0.1, 0.15) is 5.75 Å². The summed E-state index contributed by atoms with van der Waals surface area (Å²) >= 11 is 0. The molecule has 0 atom stereocenters. The van der Waals surface area contributed by atoms with Gasteiger partial charge in [0.25, 0.3) is 5.91 Å². The number of aromatic carboxylic acids is 1. The molecular formula is C28H36N6O4. The van der Waals surface area contributed by atoms with E-state index < -0.39 is 5.97 Å². The van der Waals surface area contributed by atoms with Crippen molar-refractivity contribution in [2.45, 2.75) is 39.7 Å². The Kier molecular flexibility index (Phi) is 7.84. The van der Waals surface area contributed by atoms with E-state index in [9.17, 15) is 14.7 Å². The highest BCUT2D eigenvalue weighted by Crippen LogP contribution is 2.36. The van der Waals surface area contributed by atoms with Gasteiger partial charge in [-0.2, -0.15) is 0 Å². The number of carboxylic acids is 1. The van der Waals surface area contributed by atoms with Crippen LogP contribution in [0.25, 0.3) is 5.69 Å². The number of likely N-dealkylation sites (N-methyl/N-ethyl adjacent to an activating group) is 1. The van der Waals surface area contributed by atoms with Crippen LogP contribution in [0.1, 0.15) is 58.3 Å². The molecular weight excluding hydrogens is 484 g/mol. The summed E-state index contributed by atoms with van der Waals surface area (Å²) in [4.78, 5) is 29.4. The molecule has 0 radical (unpaired) electrons. The van der Waals surface area contributed by atoms with Crippen LogP contribution in [0.4, 0.5) is 5.69 Å². The molecule has 38 heavy (non-hydrogen) atoms. The maximum absolute atomic E-state index is 13.5. The van der Waals surface area contributed by atoms with E-state index in [2.05, 4.69) is 59.3 Å². The minimum absolute atomic E-state index is 0.130. The predicted molar refractivity (Wildman–Crippen MR) is 145 cm³/mol. The lowest BCUT2D eigenvalue weighted by molar-refractivity contribution is 0.0690. The van der Waals surface area contributed by atoms with Gasteiger partial charge in [-0.3, -0.25) is 9.69 Å². The third-order valence-electron chi connectivity index (χ3n) is 6.90. The summed E-state index contributed by atoms with van der Waals surface area (Å²) in [6.45, 7) is 13.0. The Bertz CT molecular complexity index is 1340. The fraction of sp³-hybridized carbons (Fsp3) is 0.429. The molecule has 10 heteroatoms. The zero-order valence-corrected chi connectivity index (χ0v) is 22.9. The van der Waals surface area contributed by atoms with E-state index in [4.69, 9.17) is 4.74 Å². The Labute approximate surface area is 223 Å². The lowest BCUT2D eigenvalue weighted by atomic mass is 9.85. The monoisotopic (exact) mass is 520 g/mol. The molecule has 0 spiro atoms. The Morgan fingerprint density at radius 2 is 1.82 bits per heavy atom. The number of methoxy groups -OCH3 is 1. The average Bonchev–Trinajstić information content (AvgIpc) is 3.35. The molecule has 1 aliphatic heterocycles. The first-order valence-electron chi connectivity index (χ1n) is 12.7. The van der Waals surface area contributed by atoms with Crippen molar-refractivity contribution in [3.63, 3.8) is 0 Å². The molecule has 4 rings (SSSR count). The molecule has 2 aromatic carbocycles. The van der Waals surface area contributed by atoms with E-state index in [1.165, 1.54) is 10.9 Å². The highest BCUT2D eigenvalue weighted by molar-refractivity contribution is 6.05. The predicted octanol–water partition coefficient (Wildman–Crippen LogP) is 3.58. The van der Waals surface area contributed by atoms with Crippen molar-refractivity contribution in [3.8, 4) is 11.4 Å². The second-order valence-corrected chi connectivity index (χ2v) is 10.9. The van der Waals surface area contributed by atoms with Gasteiger partial charge >= 0.3 is 5.97 Å². The maximum Gasteiger partial charge on any atom is 0.358 e. The molecule has 2 heterocycles. The number of nitrogens with zero attached hydrogens (tertiary/aromatic N) is 5. The number of hydrogen-bond acceptors (Lipinski definition) is 7. The Hall–Kier alpha value is -3.76. The Balaban J connectivity index is 1.66. The lowest BCUT2D eigenvalue weighted by Gasteiger charge is -2.33. The summed E-state index contributed by atoms with van der Waals surface area (Å²) in [7, 11) is 3.76. The normalized spacial score (nSPS) is 14.9. The summed E-state index contributed by atoms with van der Waals surface area (Å²) in [5.74, 6) is -0.819. The second kappa shape index (κ2) is 10.9. The van der Waals surface area contributed by atoms with Crippen LogP contribution in [0.2, 0.25) is 0 Å². The van der Waals surface area contributed by atoms with Gasteiger partial charge in [0, 0.05) is 43.9 Å². The first-order valence-corrected chi connectivity index (χ1v) is 12.7. The van der Waals surface area contributed by atoms with E-state index in [0.29, 0.717) is 22.7 Å². The molecule has 2 N–H and O–H groups in total. The molecule has 0 bridgehead atoms. The van der Waals surface area contributed by atoms with Crippen LogP contribution in [-0.4, -0.2) is 82.1 Å². The van der Waals surface area contributed by atoms with E-state index in [1.54, 1.807) is 25.3 Å². The van der Waals surface area contributed by atoms with Crippen molar-refractivity contribution in [2.24, 2.45) is 0 Å². The largest absolute Gasteiger partial charge is 0.494 e. The van der Waals surface area contributed by atoms with Crippen LogP contribution in [0.3, 0.4) is 0 Å². The first-order chi connectivity index (χ1) is 18.0. The van der Waals surface area contributed by atoms with Gasteiger partial charge in [0.05, 0.1) is 24.7 Å². The summed E-state index contributed by atoms with van der Waals surface area (Å²) in [5.41, 5.74) is 4.25. The molecule has 10 nitrogen and oxygen atoms in total. The van der Waals surface area contributed by atoms with Crippen LogP contribution >= 0.6 is 0 Å². The summed E-state index contributed by atoms with van der Waals surface area (Å²) in [6, 6.07) is 9.37. The van der Waals surface area contributed by atoms with E-state index >= 15 is 0 Å². The molecule has 1 aliphatic rings. The number of nitrogens with one attached hydrogen (secondary N) is 1. The van der Waals surface area contributed by atoms with E-state index in [-0.39, 0.29) is 17.0 Å². The van der Waals surface area contributed by atoms with Gasteiger partial charge in [-0.05, 0) is 48.7 Å². The van der Waals surface area contributed by atoms with Crippen molar-refractivity contribution in [1.82, 2.24) is 24.8 Å². The Morgan fingerprint density at radius 3 is 2.42 bits per heavy atom. The fourth-order valence-electron chi connectivity index (χ4n) is 4.49. The van der Waals surface area contributed by atoms with Crippen LogP contribution in [-0.2, 0) is 12.0 Å². The van der Waals surface area contributed by atoms with Crippen LogP contribution < -0.4 is 10.1 Å². The molecule has 1 saturated heterocycles. The van der Waals surface area contributed by atoms with Gasteiger partial charge in [-0.25, -0.2) is 9.48 Å². The number of carboxylic acid groups (broad SMARTS) is 1. The number of aromatic nitrogens is 3.